The number of nitrogens with one attached hydrogen (secondary N) is 1. The van der Waals surface area contributed by atoms with Crippen LogP contribution in [0.25, 0.3) is 0 Å². The summed E-state index contributed by atoms with van der Waals surface area (Å²) in [6.07, 6.45) is 2.44. The van der Waals surface area contributed by atoms with E-state index in [2.05, 4.69) is 15.2 Å². The Balaban J connectivity index is 1.96. The molecule has 1 saturated heterocycles. The lowest BCUT2D eigenvalue weighted by Gasteiger charge is -2.25. The minimum absolute atomic E-state index is 0.0531. The lowest BCUT2D eigenvalue weighted by molar-refractivity contribution is 0.230. The van der Waals surface area contributed by atoms with E-state index in [-0.39, 0.29) is 18.7 Å². The van der Waals surface area contributed by atoms with E-state index in [9.17, 15) is 0 Å². The normalized spacial score (nSPS) is 21.2. The molecule has 1 fully saturated rings. The summed E-state index contributed by atoms with van der Waals surface area (Å²) in [5.74, 6) is 1.73. The number of nitrogens with zero attached hydrogens (tertiary/aromatic N) is 2. The SMILES string of the molecule is Cc1ccc([C@H]2[C@H](c3ccccn3)NC(=S)N2CCCO)o1. The first-order valence-electron chi connectivity index (χ1n) is 7.36. The second kappa shape index (κ2) is 6.46. The molecule has 0 unspecified atom stereocenters. The van der Waals surface area contributed by atoms with Gasteiger partial charge in [-0.25, -0.2) is 0 Å². The van der Waals surface area contributed by atoms with Gasteiger partial charge in [-0.05, 0) is 49.8 Å². The van der Waals surface area contributed by atoms with Gasteiger partial charge in [-0.2, -0.15) is 0 Å². The molecule has 2 aromatic heterocycles. The molecule has 0 aromatic carbocycles. The van der Waals surface area contributed by atoms with Crippen LogP contribution in [-0.2, 0) is 0 Å². The monoisotopic (exact) mass is 317 g/mol. The molecule has 0 spiro atoms. The number of rotatable bonds is 5. The molecule has 5 nitrogen and oxygen atoms in total. The standard InChI is InChI=1S/C16H19N3O2S/c1-11-6-7-13(21-11)15-14(12-5-2-3-8-17-12)18-16(22)19(15)9-4-10-20/h2-3,5-8,14-15,20H,4,9-10H2,1H3,(H,18,22)/t14-,15-/m0/s1. The molecule has 0 amide bonds. The molecule has 0 radical (unpaired) electrons. The zero-order valence-corrected chi connectivity index (χ0v) is 13.2. The molecule has 3 rings (SSSR count). The van der Waals surface area contributed by atoms with Gasteiger partial charge < -0.3 is 19.7 Å². The van der Waals surface area contributed by atoms with Crippen molar-refractivity contribution in [2.75, 3.05) is 13.2 Å². The molecular formula is C16H19N3O2S. The van der Waals surface area contributed by atoms with Crippen LogP contribution in [0.1, 0.15) is 35.7 Å². The predicted octanol–water partition coefficient (Wildman–Crippen LogP) is 2.34. The van der Waals surface area contributed by atoms with E-state index in [1.54, 1.807) is 6.20 Å². The van der Waals surface area contributed by atoms with Crippen LogP contribution in [-0.4, -0.2) is 33.3 Å². The Labute approximate surface area is 135 Å². The molecular weight excluding hydrogens is 298 g/mol. The Kier molecular flexibility index (Phi) is 4.40. The maximum absolute atomic E-state index is 9.13. The first kappa shape index (κ1) is 15.0. The molecule has 0 bridgehead atoms. The van der Waals surface area contributed by atoms with Gasteiger partial charge in [0.05, 0.1) is 11.7 Å². The van der Waals surface area contributed by atoms with Crippen LogP contribution >= 0.6 is 12.2 Å². The van der Waals surface area contributed by atoms with E-state index in [1.807, 2.05) is 37.3 Å². The van der Waals surface area contributed by atoms with Gasteiger partial charge in [-0.1, -0.05) is 6.07 Å². The van der Waals surface area contributed by atoms with Crippen LogP contribution in [0, 0.1) is 6.92 Å². The summed E-state index contributed by atoms with van der Waals surface area (Å²) in [4.78, 5) is 6.53. The Hall–Kier alpha value is -1.92. The summed E-state index contributed by atoms with van der Waals surface area (Å²) < 4.78 is 5.85. The largest absolute Gasteiger partial charge is 0.464 e. The quantitative estimate of drug-likeness (QED) is 0.826. The van der Waals surface area contributed by atoms with Crippen molar-refractivity contribution in [1.29, 1.82) is 0 Å². The summed E-state index contributed by atoms with van der Waals surface area (Å²) in [5, 5.41) is 13.1. The van der Waals surface area contributed by atoms with Gasteiger partial charge in [0.25, 0.3) is 0 Å². The zero-order chi connectivity index (χ0) is 15.5. The Morgan fingerprint density at radius 1 is 1.36 bits per heavy atom. The fraction of sp³-hybridized carbons (Fsp3) is 0.375. The van der Waals surface area contributed by atoms with E-state index >= 15 is 0 Å². The summed E-state index contributed by atoms with van der Waals surface area (Å²) in [6, 6.07) is 9.67. The summed E-state index contributed by atoms with van der Waals surface area (Å²) in [7, 11) is 0. The summed E-state index contributed by atoms with van der Waals surface area (Å²) in [6.45, 7) is 2.74. The van der Waals surface area contributed by atoms with Crippen molar-refractivity contribution in [3.05, 3.63) is 53.7 Å². The topological polar surface area (TPSA) is 61.5 Å². The number of aliphatic hydroxyl groups is 1. The van der Waals surface area contributed by atoms with Crippen LogP contribution in [0.15, 0.2) is 40.9 Å². The number of aliphatic hydroxyl groups excluding tert-OH is 1. The fourth-order valence-electron chi connectivity index (χ4n) is 2.81. The number of aryl methyl sites for hydroxylation is 1. The third-order valence-corrected chi connectivity index (χ3v) is 4.16. The van der Waals surface area contributed by atoms with Gasteiger partial charge in [0.1, 0.15) is 17.6 Å². The maximum Gasteiger partial charge on any atom is 0.170 e. The third kappa shape index (κ3) is 2.84. The highest BCUT2D eigenvalue weighted by Crippen LogP contribution is 2.39. The van der Waals surface area contributed by atoms with E-state index in [1.165, 1.54) is 0 Å². The first-order valence-corrected chi connectivity index (χ1v) is 7.77. The molecule has 2 aromatic rings. The second-order valence-corrected chi connectivity index (χ2v) is 5.73. The minimum atomic E-state index is -0.0575. The number of furan rings is 1. The molecule has 0 saturated carbocycles. The maximum atomic E-state index is 9.13. The van der Waals surface area contributed by atoms with Crippen molar-refractivity contribution in [2.24, 2.45) is 0 Å². The van der Waals surface area contributed by atoms with E-state index in [4.69, 9.17) is 21.7 Å². The molecule has 2 atom stereocenters. The molecule has 22 heavy (non-hydrogen) atoms. The van der Waals surface area contributed by atoms with Crippen molar-refractivity contribution in [3.8, 4) is 0 Å². The molecule has 0 aliphatic carbocycles. The highest BCUT2D eigenvalue weighted by Gasteiger charge is 2.41. The molecule has 3 heterocycles. The average Bonchev–Trinajstić information content (AvgIpc) is 3.09. The van der Waals surface area contributed by atoms with E-state index < -0.39 is 0 Å². The fourth-order valence-corrected chi connectivity index (χ4v) is 3.14. The predicted molar refractivity (Wildman–Crippen MR) is 87.3 cm³/mol. The summed E-state index contributed by atoms with van der Waals surface area (Å²) in [5.41, 5.74) is 0.926. The van der Waals surface area contributed by atoms with Crippen LogP contribution in [0.3, 0.4) is 0 Å². The van der Waals surface area contributed by atoms with Crippen molar-refractivity contribution in [2.45, 2.75) is 25.4 Å². The third-order valence-electron chi connectivity index (χ3n) is 3.81. The average molecular weight is 317 g/mol. The smallest absolute Gasteiger partial charge is 0.170 e. The number of hydrogen-bond acceptors (Lipinski definition) is 4. The van der Waals surface area contributed by atoms with Crippen LogP contribution in [0.2, 0.25) is 0 Å². The zero-order valence-electron chi connectivity index (χ0n) is 12.4. The number of hydrogen-bond donors (Lipinski definition) is 2. The summed E-state index contributed by atoms with van der Waals surface area (Å²) >= 11 is 5.48. The van der Waals surface area contributed by atoms with Gasteiger partial charge in [0.15, 0.2) is 5.11 Å². The number of thiocarbonyl (C=S) groups is 1. The van der Waals surface area contributed by atoms with Gasteiger partial charge in [0.2, 0.25) is 0 Å². The highest BCUT2D eigenvalue weighted by atomic mass is 32.1. The second-order valence-electron chi connectivity index (χ2n) is 5.35. The van der Waals surface area contributed by atoms with Crippen LogP contribution in [0.5, 0.6) is 0 Å². The van der Waals surface area contributed by atoms with Crippen LogP contribution in [0.4, 0.5) is 0 Å². The number of aromatic nitrogens is 1. The van der Waals surface area contributed by atoms with Crippen LogP contribution < -0.4 is 5.32 Å². The molecule has 1 aliphatic rings. The molecule has 116 valence electrons. The van der Waals surface area contributed by atoms with Crippen molar-refractivity contribution < 1.29 is 9.52 Å². The van der Waals surface area contributed by atoms with Gasteiger partial charge >= 0.3 is 0 Å². The van der Waals surface area contributed by atoms with Crippen molar-refractivity contribution in [3.63, 3.8) is 0 Å². The number of pyridine rings is 1. The van der Waals surface area contributed by atoms with Gasteiger partial charge in [-0.3, -0.25) is 4.98 Å². The van der Waals surface area contributed by atoms with Crippen molar-refractivity contribution >= 4 is 17.3 Å². The van der Waals surface area contributed by atoms with E-state index in [0.29, 0.717) is 18.1 Å². The minimum Gasteiger partial charge on any atom is -0.464 e. The van der Waals surface area contributed by atoms with Gasteiger partial charge in [-0.15, -0.1) is 0 Å². The van der Waals surface area contributed by atoms with Crippen molar-refractivity contribution in [1.82, 2.24) is 15.2 Å². The highest BCUT2D eigenvalue weighted by molar-refractivity contribution is 7.80. The first-order chi connectivity index (χ1) is 10.7. The van der Waals surface area contributed by atoms with Gasteiger partial charge in [0, 0.05) is 19.3 Å². The lowest BCUT2D eigenvalue weighted by Crippen LogP contribution is -2.30. The Morgan fingerprint density at radius 3 is 2.86 bits per heavy atom. The Morgan fingerprint density at radius 2 is 2.23 bits per heavy atom. The molecule has 1 aliphatic heterocycles. The van der Waals surface area contributed by atoms with E-state index in [0.717, 1.165) is 17.2 Å². The molecule has 2 N–H and O–H groups in total. The lowest BCUT2D eigenvalue weighted by atomic mass is 10.0. The molecule has 6 heteroatoms. The Bertz CT molecular complexity index is 644.